The van der Waals surface area contributed by atoms with Crippen LogP contribution >= 0.6 is 0 Å². The van der Waals surface area contributed by atoms with Gasteiger partial charge in [-0.05, 0) is 49.2 Å². The predicted molar refractivity (Wildman–Crippen MR) is 98.8 cm³/mol. The smallest absolute Gasteiger partial charge is 0.344 e. The quantitative estimate of drug-likeness (QED) is 0.753. The van der Waals surface area contributed by atoms with E-state index in [0.717, 1.165) is 11.1 Å². The molecule has 7 heteroatoms. The summed E-state index contributed by atoms with van der Waals surface area (Å²) in [6.07, 6.45) is 0. The van der Waals surface area contributed by atoms with E-state index in [1.54, 1.807) is 24.3 Å². The number of ether oxygens (including phenoxy) is 3. The van der Waals surface area contributed by atoms with Crippen molar-refractivity contribution in [3.63, 3.8) is 0 Å². The number of hydrogen-bond donors (Lipinski definition) is 1. The molecule has 0 heterocycles. The lowest BCUT2D eigenvalue weighted by Crippen LogP contribution is -2.24. The van der Waals surface area contributed by atoms with Gasteiger partial charge in [0.25, 0.3) is 5.91 Å². The third-order valence-corrected chi connectivity index (χ3v) is 3.81. The average molecular weight is 371 g/mol. The van der Waals surface area contributed by atoms with Gasteiger partial charge in [-0.2, -0.15) is 0 Å². The van der Waals surface area contributed by atoms with Crippen molar-refractivity contribution >= 4 is 23.5 Å². The first-order chi connectivity index (χ1) is 12.9. The molecule has 27 heavy (non-hydrogen) atoms. The lowest BCUT2D eigenvalue weighted by atomic mass is 10.1. The van der Waals surface area contributed by atoms with Crippen molar-refractivity contribution in [3.8, 4) is 5.75 Å². The van der Waals surface area contributed by atoms with E-state index < -0.39 is 24.5 Å². The standard InChI is InChI=1S/C20H21NO6/c1-13-8-9-15(10-14(13)2)26-12-19(23)27-11-18(22)21-17-7-5-4-6-16(17)20(24)25-3/h4-10H,11-12H2,1-3H3,(H,21,22). The van der Waals surface area contributed by atoms with Crippen molar-refractivity contribution < 1.29 is 28.6 Å². The summed E-state index contributed by atoms with van der Waals surface area (Å²) in [5.41, 5.74) is 2.65. The van der Waals surface area contributed by atoms with Crippen molar-refractivity contribution in [1.82, 2.24) is 0 Å². The SMILES string of the molecule is COC(=O)c1ccccc1NC(=O)COC(=O)COc1ccc(C)c(C)c1. The van der Waals surface area contributed by atoms with Gasteiger partial charge in [0.2, 0.25) is 0 Å². The van der Waals surface area contributed by atoms with Crippen LogP contribution < -0.4 is 10.1 Å². The highest BCUT2D eigenvalue weighted by Gasteiger charge is 2.14. The molecule has 142 valence electrons. The van der Waals surface area contributed by atoms with Gasteiger partial charge in [0.15, 0.2) is 13.2 Å². The molecule has 2 aromatic carbocycles. The van der Waals surface area contributed by atoms with Crippen LogP contribution in [0.15, 0.2) is 42.5 Å². The Morgan fingerprint density at radius 1 is 0.963 bits per heavy atom. The van der Waals surface area contributed by atoms with E-state index in [1.807, 2.05) is 26.0 Å². The molecule has 7 nitrogen and oxygen atoms in total. The van der Waals surface area contributed by atoms with Crippen LogP contribution in [-0.2, 0) is 19.1 Å². The van der Waals surface area contributed by atoms with Crippen LogP contribution in [0, 0.1) is 13.8 Å². The highest BCUT2D eigenvalue weighted by Crippen LogP contribution is 2.17. The monoisotopic (exact) mass is 371 g/mol. The summed E-state index contributed by atoms with van der Waals surface area (Å²) in [5, 5.41) is 2.51. The van der Waals surface area contributed by atoms with Gasteiger partial charge in [0.1, 0.15) is 5.75 Å². The number of benzene rings is 2. The fourth-order valence-corrected chi connectivity index (χ4v) is 2.20. The highest BCUT2D eigenvalue weighted by atomic mass is 16.6. The molecule has 0 saturated heterocycles. The third kappa shape index (κ3) is 5.85. The molecule has 2 aromatic rings. The molecule has 0 aliphatic carbocycles. The normalized spacial score (nSPS) is 10.0. The topological polar surface area (TPSA) is 90.9 Å². The summed E-state index contributed by atoms with van der Waals surface area (Å²) in [6.45, 7) is 3.11. The third-order valence-electron chi connectivity index (χ3n) is 3.81. The molecular formula is C20H21NO6. The molecule has 1 N–H and O–H groups in total. The Morgan fingerprint density at radius 2 is 1.70 bits per heavy atom. The molecule has 0 radical (unpaired) electrons. The number of anilines is 1. The molecule has 2 rings (SSSR count). The van der Waals surface area contributed by atoms with Gasteiger partial charge in [-0.15, -0.1) is 0 Å². The predicted octanol–water partition coefficient (Wildman–Crippen LogP) is 2.65. The van der Waals surface area contributed by atoms with Crippen LogP contribution in [0.3, 0.4) is 0 Å². The Morgan fingerprint density at radius 3 is 2.41 bits per heavy atom. The molecule has 0 aromatic heterocycles. The fourth-order valence-electron chi connectivity index (χ4n) is 2.20. The molecule has 0 unspecified atom stereocenters. The van der Waals surface area contributed by atoms with Gasteiger partial charge in [0.05, 0.1) is 18.4 Å². The average Bonchev–Trinajstić information content (AvgIpc) is 2.67. The van der Waals surface area contributed by atoms with Gasteiger partial charge in [-0.3, -0.25) is 4.79 Å². The summed E-state index contributed by atoms with van der Waals surface area (Å²) >= 11 is 0. The van der Waals surface area contributed by atoms with Gasteiger partial charge in [-0.25, -0.2) is 9.59 Å². The number of aryl methyl sites for hydroxylation is 2. The second kappa shape index (κ2) is 9.38. The molecule has 0 bridgehead atoms. The number of amides is 1. The highest BCUT2D eigenvalue weighted by molar-refractivity contribution is 6.01. The Bertz CT molecular complexity index is 846. The number of rotatable bonds is 7. The molecule has 0 atom stereocenters. The number of para-hydroxylation sites is 1. The van der Waals surface area contributed by atoms with Crippen LogP contribution in [0.1, 0.15) is 21.5 Å². The van der Waals surface area contributed by atoms with Crippen LogP contribution in [0.25, 0.3) is 0 Å². The van der Waals surface area contributed by atoms with Gasteiger partial charge >= 0.3 is 11.9 Å². The Hall–Kier alpha value is -3.35. The van der Waals surface area contributed by atoms with E-state index in [9.17, 15) is 14.4 Å². The molecule has 0 saturated carbocycles. The second-order valence-electron chi connectivity index (χ2n) is 5.78. The molecule has 1 amide bonds. The van der Waals surface area contributed by atoms with Crippen molar-refractivity contribution in [3.05, 3.63) is 59.2 Å². The van der Waals surface area contributed by atoms with Crippen molar-refractivity contribution in [2.24, 2.45) is 0 Å². The van der Waals surface area contributed by atoms with Gasteiger partial charge in [0, 0.05) is 0 Å². The Kier molecular flexibility index (Phi) is 6.93. The van der Waals surface area contributed by atoms with Gasteiger partial charge in [-0.1, -0.05) is 18.2 Å². The Labute approximate surface area is 157 Å². The van der Waals surface area contributed by atoms with E-state index >= 15 is 0 Å². The number of carbonyl (C=O) groups is 3. The minimum absolute atomic E-state index is 0.206. The maximum Gasteiger partial charge on any atom is 0.344 e. The van der Waals surface area contributed by atoms with E-state index in [2.05, 4.69) is 10.1 Å². The number of hydrogen-bond acceptors (Lipinski definition) is 6. The van der Waals surface area contributed by atoms with Crippen molar-refractivity contribution in [1.29, 1.82) is 0 Å². The van der Waals surface area contributed by atoms with Crippen LogP contribution in [0.4, 0.5) is 5.69 Å². The zero-order valence-electron chi connectivity index (χ0n) is 15.4. The van der Waals surface area contributed by atoms with E-state index in [-0.39, 0.29) is 17.9 Å². The number of nitrogens with one attached hydrogen (secondary N) is 1. The largest absolute Gasteiger partial charge is 0.482 e. The van der Waals surface area contributed by atoms with E-state index in [1.165, 1.54) is 13.2 Å². The minimum atomic E-state index is -0.676. The summed E-state index contributed by atoms with van der Waals surface area (Å²) in [6, 6.07) is 11.8. The number of carbonyl (C=O) groups excluding carboxylic acids is 3. The van der Waals surface area contributed by atoms with Crippen molar-refractivity contribution in [2.45, 2.75) is 13.8 Å². The first-order valence-corrected chi connectivity index (χ1v) is 8.23. The van der Waals surface area contributed by atoms with E-state index in [4.69, 9.17) is 9.47 Å². The number of methoxy groups -OCH3 is 1. The first-order valence-electron chi connectivity index (χ1n) is 8.23. The van der Waals surface area contributed by atoms with Crippen LogP contribution in [-0.4, -0.2) is 38.2 Å². The molecule has 0 fully saturated rings. The molecular weight excluding hydrogens is 350 g/mol. The summed E-state index contributed by atoms with van der Waals surface area (Å²) in [4.78, 5) is 35.4. The minimum Gasteiger partial charge on any atom is -0.482 e. The van der Waals surface area contributed by atoms with Crippen molar-refractivity contribution in [2.75, 3.05) is 25.6 Å². The summed E-state index contributed by atoms with van der Waals surface area (Å²) < 4.78 is 14.9. The summed E-state index contributed by atoms with van der Waals surface area (Å²) in [5.74, 6) is -1.29. The second-order valence-corrected chi connectivity index (χ2v) is 5.78. The Balaban J connectivity index is 1.82. The fraction of sp³-hybridized carbons (Fsp3) is 0.250. The first kappa shape index (κ1) is 20.0. The number of esters is 2. The zero-order chi connectivity index (χ0) is 19.8. The van der Waals surface area contributed by atoms with Gasteiger partial charge < -0.3 is 19.5 Å². The maximum atomic E-state index is 12.0. The zero-order valence-corrected chi connectivity index (χ0v) is 15.4. The lowest BCUT2D eigenvalue weighted by Gasteiger charge is -2.10. The van der Waals surface area contributed by atoms with Crippen LogP contribution in [0.5, 0.6) is 5.75 Å². The molecule has 0 aliphatic rings. The van der Waals surface area contributed by atoms with Crippen LogP contribution in [0.2, 0.25) is 0 Å². The molecule has 0 spiro atoms. The lowest BCUT2D eigenvalue weighted by molar-refractivity contribution is -0.149. The maximum absolute atomic E-state index is 12.0. The van der Waals surface area contributed by atoms with E-state index in [0.29, 0.717) is 5.75 Å². The summed E-state index contributed by atoms with van der Waals surface area (Å²) in [7, 11) is 1.25. The molecule has 0 aliphatic heterocycles.